The molecule has 100 valence electrons. The normalized spacial score (nSPS) is 10.8. The number of fused-ring (bicyclic) bond motifs is 1. The molecule has 0 spiro atoms. The molecule has 0 saturated heterocycles. The van der Waals surface area contributed by atoms with E-state index >= 15 is 0 Å². The highest BCUT2D eigenvalue weighted by Gasteiger charge is 2.11. The van der Waals surface area contributed by atoms with E-state index in [1.807, 2.05) is 24.3 Å². The van der Waals surface area contributed by atoms with Gasteiger partial charge in [-0.15, -0.1) is 0 Å². The van der Waals surface area contributed by atoms with Gasteiger partial charge in [-0.05, 0) is 24.3 Å². The average molecular weight is 308 g/mol. The molecule has 0 unspecified atom stereocenters. The quantitative estimate of drug-likeness (QED) is 0.585. The third-order valence-electron chi connectivity index (χ3n) is 2.78. The van der Waals surface area contributed by atoms with Gasteiger partial charge < -0.3 is 4.74 Å². The molecule has 5 heteroatoms. The van der Waals surface area contributed by atoms with E-state index in [4.69, 9.17) is 27.9 Å². The first-order valence-electron chi connectivity index (χ1n) is 5.82. The summed E-state index contributed by atoms with van der Waals surface area (Å²) < 4.78 is 19.1. The van der Waals surface area contributed by atoms with Gasteiger partial charge in [0.25, 0.3) is 0 Å². The van der Waals surface area contributed by atoms with Gasteiger partial charge >= 0.3 is 0 Å². The van der Waals surface area contributed by atoms with Crippen LogP contribution in [0, 0.1) is 5.82 Å². The molecule has 0 fully saturated rings. The molecule has 0 aliphatic rings. The van der Waals surface area contributed by atoms with E-state index in [1.165, 1.54) is 12.1 Å². The van der Waals surface area contributed by atoms with Crippen LogP contribution in [0.15, 0.2) is 48.5 Å². The van der Waals surface area contributed by atoms with Gasteiger partial charge in [-0.2, -0.15) is 0 Å². The van der Waals surface area contributed by atoms with Crippen LogP contribution in [-0.2, 0) is 0 Å². The van der Waals surface area contributed by atoms with Crippen LogP contribution >= 0.6 is 23.2 Å². The van der Waals surface area contributed by atoms with Crippen molar-refractivity contribution in [2.75, 3.05) is 0 Å². The number of rotatable bonds is 2. The van der Waals surface area contributed by atoms with Gasteiger partial charge in [0.15, 0.2) is 0 Å². The van der Waals surface area contributed by atoms with Crippen LogP contribution in [0.4, 0.5) is 4.39 Å². The Balaban J connectivity index is 2.13. The van der Waals surface area contributed by atoms with Crippen molar-refractivity contribution < 1.29 is 9.13 Å². The Morgan fingerprint density at radius 3 is 2.60 bits per heavy atom. The van der Waals surface area contributed by atoms with Crippen LogP contribution < -0.4 is 4.74 Å². The molecule has 1 aromatic heterocycles. The van der Waals surface area contributed by atoms with Crippen LogP contribution in [0.25, 0.3) is 10.9 Å². The number of ether oxygens (including phenoxy) is 1. The van der Waals surface area contributed by atoms with Gasteiger partial charge in [-0.3, -0.25) is 0 Å². The van der Waals surface area contributed by atoms with Crippen molar-refractivity contribution in [1.82, 2.24) is 4.98 Å². The first-order valence-corrected chi connectivity index (χ1v) is 6.58. The van der Waals surface area contributed by atoms with Gasteiger partial charge in [0.1, 0.15) is 27.5 Å². The summed E-state index contributed by atoms with van der Waals surface area (Å²) in [5, 5.41) is 1.01. The predicted molar refractivity (Wildman–Crippen MR) is 78.2 cm³/mol. The zero-order chi connectivity index (χ0) is 14.1. The maximum absolute atomic E-state index is 13.4. The lowest BCUT2D eigenvalue weighted by atomic mass is 10.2. The van der Waals surface area contributed by atoms with Crippen molar-refractivity contribution in [2.24, 2.45) is 0 Å². The minimum atomic E-state index is -0.534. The summed E-state index contributed by atoms with van der Waals surface area (Å²) in [5.41, 5.74) is 0.697. The summed E-state index contributed by atoms with van der Waals surface area (Å²) in [7, 11) is 0. The highest BCUT2D eigenvalue weighted by Crippen LogP contribution is 2.35. The molecule has 2 nitrogen and oxygen atoms in total. The average Bonchev–Trinajstić information content (AvgIpc) is 2.43. The van der Waals surface area contributed by atoms with Crippen LogP contribution in [-0.4, -0.2) is 4.98 Å². The molecule has 0 aliphatic heterocycles. The van der Waals surface area contributed by atoms with Crippen LogP contribution in [0.3, 0.4) is 0 Å². The maximum atomic E-state index is 13.4. The third-order valence-corrected chi connectivity index (χ3v) is 3.34. The molecule has 3 rings (SSSR count). The number of benzene rings is 2. The highest BCUT2D eigenvalue weighted by atomic mass is 35.5. The van der Waals surface area contributed by atoms with E-state index in [-0.39, 0.29) is 10.8 Å². The largest absolute Gasteiger partial charge is 0.455 e. The van der Waals surface area contributed by atoms with E-state index in [9.17, 15) is 4.39 Å². The number of halogens is 3. The Morgan fingerprint density at radius 1 is 0.950 bits per heavy atom. The molecule has 2 aromatic carbocycles. The molecule has 0 N–H and O–H groups in total. The second-order valence-electron chi connectivity index (χ2n) is 4.11. The fraction of sp³-hybridized carbons (Fsp3) is 0. The van der Waals surface area contributed by atoms with E-state index in [0.717, 1.165) is 5.39 Å². The lowest BCUT2D eigenvalue weighted by molar-refractivity contribution is 0.482. The number of nitrogens with zero attached hydrogens (tertiary/aromatic N) is 1. The van der Waals surface area contributed by atoms with Crippen molar-refractivity contribution >= 4 is 34.1 Å². The molecule has 1 heterocycles. The maximum Gasteiger partial charge on any atom is 0.149 e. The summed E-state index contributed by atoms with van der Waals surface area (Å²) in [6.45, 7) is 0. The van der Waals surface area contributed by atoms with E-state index < -0.39 is 5.82 Å². The Bertz CT molecular complexity index is 792. The van der Waals surface area contributed by atoms with Crippen molar-refractivity contribution in [3.8, 4) is 11.5 Å². The molecule has 3 aromatic rings. The number of para-hydroxylation sites is 1. The van der Waals surface area contributed by atoms with Gasteiger partial charge in [0.05, 0.1) is 5.52 Å². The van der Waals surface area contributed by atoms with E-state index in [0.29, 0.717) is 16.4 Å². The summed E-state index contributed by atoms with van der Waals surface area (Å²) in [6.07, 6.45) is 0. The predicted octanol–water partition coefficient (Wildman–Crippen LogP) is 5.47. The molecule has 0 saturated carbocycles. The van der Waals surface area contributed by atoms with Crippen LogP contribution in [0.1, 0.15) is 0 Å². The van der Waals surface area contributed by atoms with Gasteiger partial charge in [0.2, 0.25) is 0 Å². The summed E-state index contributed by atoms with van der Waals surface area (Å²) in [5.74, 6) is 0.181. The molecule has 0 radical (unpaired) electrons. The molecule has 0 amide bonds. The molecule has 0 atom stereocenters. The topological polar surface area (TPSA) is 22.1 Å². The Kier molecular flexibility index (Phi) is 3.47. The zero-order valence-corrected chi connectivity index (χ0v) is 11.6. The second kappa shape index (κ2) is 5.27. The van der Waals surface area contributed by atoms with Crippen molar-refractivity contribution in [3.63, 3.8) is 0 Å². The lowest BCUT2D eigenvalue weighted by Gasteiger charge is -2.10. The minimum Gasteiger partial charge on any atom is -0.455 e. The molecular formula is C15H8Cl2FNO. The summed E-state index contributed by atoms with van der Waals surface area (Å²) in [4.78, 5) is 4.20. The molecule has 0 bridgehead atoms. The number of hydrogen-bond acceptors (Lipinski definition) is 2. The van der Waals surface area contributed by atoms with Gasteiger partial charge in [0, 0.05) is 11.5 Å². The minimum absolute atomic E-state index is 0.0653. The number of aromatic nitrogens is 1. The molecule has 0 aliphatic carbocycles. The van der Waals surface area contributed by atoms with E-state index in [1.54, 1.807) is 12.1 Å². The number of hydrogen-bond donors (Lipinski definition) is 0. The first-order chi connectivity index (χ1) is 9.65. The molecular weight excluding hydrogens is 300 g/mol. The SMILES string of the molecule is Fc1cccc(Oc2cc(Cl)nc3ccccc23)c1Cl. The van der Waals surface area contributed by atoms with E-state index in [2.05, 4.69) is 4.98 Å². The summed E-state index contributed by atoms with van der Waals surface area (Å²) >= 11 is 11.8. The lowest BCUT2D eigenvalue weighted by Crippen LogP contribution is -1.90. The summed E-state index contributed by atoms with van der Waals surface area (Å²) in [6, 6.07) is 13.3. The van der Waals surface area contributed by atoms with Crippen LogP contribution in [0.2, 0.25) is 10.2 Å². The highest BCUT2D eigenvalue weighted by molar-refractivity contribution is 6.32. The fourth-order valence-electron chi connectivity index (χ4n) is 1.88. The molecule has 20 heavy (non-hydrogen) atoms. The Labute approximate surface area is 124 Å². The fourth-order valence-corrected chi connectivity index (χ4v) is 2.23. The van der Waals surface area contributed by atoms with Gasteiger partial charge in [-0.25, -0.2) is 9.37 Å². The monoisotopic (exact) mass is 307 g/mol. The van der Waals surface area contributed by atoms with Crippen molar-refractivity contribution in [3.05, 3.63) is 64.5 Å². The van der Waals surface area contributed by atoms with Crippen molar-refractivity contribution in [2.45, 2.75) is 0 Å². The first kappa shape index (κ1) is 13.2. The smallest absolute Gasteiger partial charge is 0.149 e. The van der Waals surface area contributed by atoms with Crippen LogP contribution in [0.5, 0.6) is 11.5 Å². The second-order valence-corrected chi connectivity index (χ2v) is 4.88. The Hall–Kier alpha value is -1.84. The van der Waals surface area contributed by atoms with Crippen molar-refractivity contribution in [1.29, 1.82) is 0 Å². The Morgan fingerprint density at radius 2 is 1.75 bits per heavy atom. The standard InChI is InChI=1S/C15H8Cl2FNO/c16-14-8-13(9-4-1-2-6-11(9)19-14)20-12-7-3-5-10(18)15(12)17/h1-8H. The zero-order valence-electron chi connectivity index (χ0n) is 10.1. The third kappa shape index (κ3) is 2.42. The van der Waals surface area contributed by atoms with Gasteiger partial charge in [-0.1, -0.05) is 41.4 Å². The number of pyridine rings is 1.